The summed E-state index contributed by atoms with van der Waals surface area (Å²) < 4.78 is 0. The molecule has 0 radical (unpaired) electrons. The van der Waals surface area contributed by atoms with Gasteiger partial charge >= 0.3 is 0 Å². The van der Waals surface area contributed by atoms with Crippen LogP contribution in [-0.4, -0.2) is 22.0 Å². The van der Waals surface area contributed by atoms with E-state index >= 15 is 0 Å². The van der Waals surface area contributed by atoms with E-state index in [0.717, 1.165) is 17.0 Å². The van der Waals surface area contributed by atoms with Gasteiger partial charge in [-0.1, -0.05) is 67.6 Å². The van der Waals surface area contributed by atoms with Crippen LogP contribution in [0.5, 0.6) is 0 Å². The van der Waals surface area contributed by atoms with Crippen molar-refractivity contribution in [3.63, 3.8) is 0 Å². The molecular formula is C21H22N4O2S. The molecule has 7 heteroatoms. The Morgan fingerprint density at radius 2 is 1.68 bits per heavy atom. The molecule has 0 fully saturated rings. The van der Waals surface area contributed by atoms with Crippen LogP contribution in [-0.2, 0) is 11.2 Å². The molecule has 1 heterocycles. The van der Waals surface area contributed by atoms with Crippen LogP contribution in [0.2, 0.25) is 0 Å². The molecule has 2 aromatic carbocycles. The summed E-state index contributed by atoms with van der Waals surface area (Å²) in [6.45, 7) is 3.95. The molecule has 0 aliphatic carbocycles. The molecule has 1 unspecified atom stereocenters. The highest BCUT2D eigenvalue weighted by Gasteiger charge is 2.21. The summed E-state index contributed by atoms with van der Waals surface area (Å²) >= 11 is 1.34. The predicted octanol–water partition coefficient (Wildman–Crippen LogP) is 4.49. The number of nitrogens with zero attached hydrogens (tertiary/aromatic N) is 2. The van der Waals surface area contributed by atoms with Gasteiger partial charge in [0.2, 0.25) is 11.0 Å². The second-order valence-corrected chi connectivity index (χ2v) is 7.28. The number of benzene rings is 2. The van der Waals surface area contributed by atoms with Crippen molar-refractivity contribution in [2.75, 3.05) is 10.6 Å². The Kier molecular flexibility index (Phi) is 6.49. The minimum atomic E-state index is -0.331. The average Bonchev–Trinajstić information content (AvgIpc) is 3.17. The van der Waals surface area contributed by atoms with Crippen LogP contribution in [0.25, 0.3) is 0 Å². The van der Waals surface area contributed by atoms with E-state index in [4.69, 9.17) is 0 Å². The molecule has 0 saturated carbocycles. The number of nitrogens with one attached hydrogen (secondary N) is 2. The van der Waals surface area contributed by atoms with E-state index in [1.54, 1.807) is 24.3 Å². The molecule has 28 heavy (non-hydrogen) atoms. The van der Waals surface area contributed by atoms with Crippen molar-refractivity contribution in [1.29, 1.82) is 0 Å². The lowest BCUT2D eigenvalue weighted by molar-refractivity contribution is -0.117. The summed E-state index contributed by atoms with van der Waals surface area (Å²) in [6, 6.07) is 16.6. The number of rotatable bonds is 7. The van der Waals surface area contributed by atoms with Gasteiger partial charge < -0.3 is 5.32 Å². The lowest BCUT2D eigenvalue weighted by Crippen LogP contribution is -2.23. The van der Waals surface area contributed by atoms with E-state index in [-0.39, 0.29) is 17.7 Å². The summed E-state index contributed by atoms with van der Waals surface area (Å²) in [7, 11) is 0. The molecule has 2 N–H and O–H groups in total. The number of carbonyl (C=O) groups is 2. The molecule has 144 valence electrons. The Hall–Kier alpha value is -3.06. The largest absolute Gasteiger partial charge is 0.325 e. The van der Waals surface area contributed by atoms with Gasteiger partial charge in [0.05, 0.1) is 17.2 Å². The summed E-state index contributed by atoms with van der Waals surface area (Å²) in [6.07, 6.45) is 1.42. The fourth-order valence-corrected chi connectivity index (χ4v) is 3.55. The van der Waals surface area contributed by atoms with Crippen LogP contribution in [0.1, 0.15) is 47.1 Å². The van der Waals surface area contributed by atoms with Crippen molar-refractivity contribution in [3.8, 4) is 0 Å². The molecule has 0 aliphatic heterocycles. The van der Waals surface area contributed by atoms with Gasteiger partial charge in [0.25, 0.3) is 5.91 Å². The molecule has 1 aromatic heterocycles. The van der Waals surface area contributed by atoms with Gasteiger partial charge in [0, 0.05) is 0 Å². The summed E-state index contributed by atoms with van der Waals surface area (Å²) in [5.74, 6) is -0.756. The number of hydrogen-bond acceptors (Lipinski definition) is 5. The Balaban J connectivity index is 1.77. The first kappa shape index (κ1) is 19.7. The van der Waals surface area contributed by atoms with Gasteiger partial charge in [-0.05, 0) is 30.5 Å². The second kappa shape index (κ2) is 9.23. The fourth-order valence-electron chi connectivity index (χ4n) is 2.88. The first-order chi connectivity index (χ1) is 13.6. The molecule has 0 spiro atoms. The Bertz CT molecular complexity index is 956. The number of aryl methyl sites for hydroxylation is 1. The van der Waals surface area contributed by atoms with E-state index < -0.39 is 0 Å². The molecule has 0 aliphatic rings. The third-order valence-corrected chi connectivity index (χ3v) is 5.33. The maximum atomic E-state index is 12.9. The van der Waals surface area contributed by atoms with Crippen LogP contribution in [0.4, 0.5) is 10.8 Å². The van der Waals surface area contributed by atoms with Crippen molar-refractivity contribution in [2.24, 2.45) is 0 Å². The SMILES string of the molecule is CCc1nnc(NC(=O)c2ccccc2NC(=O)C(CC)c2ccccc2)s1. The zero-order chi connectivity index (χ0) is 19.9. The normalized spacial score (nSPS) is 11.6. The van der Waals surface area contributed by atoms with E-state index in [9.17, 15) is 9.59 Å². The van der Waals surface area contributed by atoms with Crippen LogP contribution in [0, 0.1) is 0 Å². The third kappa shape index (κ3) is 4.61. The van der Waals surface area contributed by atoms with Gasteiger partial charge in [-0.3, -0.25) is 14.9 Å². The number of aromatic nitrogens is 2. The van der Waals surface area contributed by atoms with Crippen molar-refractivity contribution in [2.45, 2.75) is 32.6 Å². The van der Waals surface area contributed by atoms with Crippen LogP contribution < -0.4 is 10.6 Å². The Morgan fingerprint density at radius 3 is 2.36 bits per heavy atom. The highest BCUT2D eigenvalue weighted by atomic mass is 32.1. The maximum Gasteiger partial charge on any atom is 0.259 e. The molecular weight excluding hydrogens is 372 g/mol. The predicted molar refractivity (Wildman–Crippen MR) is 112 cm³/mol. The molecule has 0 bridgehead atoms. The van der Waals surface area contributed by atoms with Gasteiger partial charge in [-0.25, -0.2) is 0 Å². The minimum Gasteiger partial charge on any atom is -0.325 e. The summed E-state index contributed by atoms with van der Waals surface area (Å²) in [5.41, 5.74) is 1.80. The van der Waals surface area contributed by atoms with E-state index in [1.165, 1.54) is 11.3 Å². The smallest absolute Gasteiger partial charge is 0.259 e. The third-order valence-electron chi connectivity index (χ3n) is 4.35. The maximum absolute atomic E-state index is 12.9. The van der Waals surface area contributed by atoms with E-state index in [1.807, 2.05) is 44.2 Å². The monoisotopic (exact) mass is 394 g/mol. The number of anilines is 2. The van der Waals surface area contributed by atoms with Gasteiger partial charge in [0.15, 0.2) is 0 Å². The first-order valence-electron chi connectivity index (χ1n) is 9.21. The number of para-hydroxylation sites is 1. The standard InChI is InChI=1S/C21H22N4O2S/c1-3-15(14-10-6-5-7-11-14)19(26)22-17-13-9-8-12-16(17)20(27)23-21-25-24-18(4-2)28-21/h5-13,15H,3-4H2,1-2H3,(H,22,26)(H,23,25,27). The second-order valence-electron chi connectivity index (χ2n) is 6.21. The topological polar surface area (TPSA) is 84.0 Å². The Morgan fingerprint density at radius 1 is 0.964 bits per heavy atom. The number of hydrogen-bond donors (Lipinski definition) is 2. The van der Waals surface area contributed by atoms with Gasteiger partial charge in [0.1, 0.15) is 5.01 Å². The van der Waals surface area contributed by atoms with Crippen LogP contribution >= 0.6 is 11.3 Å². The molecule has 2 amide bonds. The van der Waals surface area contributed by atoms with Crippen molar-refractivity contribution in [3.05, 3.63) is 70.7 Å². The van der Waals surface area contributed by atoms with E-state index in [2.05, 4.69) is 20.8 Å². The molecule has 6 nitrogen and oxygen atoms in total. The van der Waals surface area contributed by atoms with Gasteiger partial charge in [-0.15, -0.1) is 10.2 Å². The lowest BCUT2D eigenvalue weighted by atomic mass is 9.95. The zero-order valence-electron chi connectivity index (χ0n) is 15.8. The first-order valence-corrected chi connectivity index (χ1v) is 10.0. The van der Waals surface area contributed by atoms with Crippen molar-refractivity contribution >= 4 is 34.0 Å². The highest BCUT2D eigenvalue weighted by molar-refractivity contribution is 7.15. The molecule has 3 rings (SSSR count). The zero-order valence-corrected chi connectivity index (χ0v) is 16.6. The molecule has 3 aromatic rings. The van der Waals surface area contributed by atoms with Crippen molar-refractivity contribution < 1.29 is 9.59 Å². The van der Waals surface area contributed by atoms with Crippen molar-refractivity contribution in [1.82, 2.24) is 10.2 Å². The fraction of sp³-hybridized carbons (Fsp3) is 0.238. The summed E-state index contributed by atoms with van der Waals surface area (Å²) in [5, 5.41) is 14.9. The lowest BCUT2D eigenvalue weighted by Gasteiger charge is -2.17. The van der Waals surface area contributed by atoms with Gasteiger partial charge in [-0.2, -0.15) is 0 Å². The highest BCUT2D eigenvalue weighted by Crippen LogP contribution is 2.24. The Labute approximate surface area is 168 Å². The van der Waals surface area contributed by atoms with Crippen LogP contribution in [0.15, 0.2) is 54.6 Å². The van der Waals surface area contributed by atoms with Crippen LogP contribution in [0.3, 0.4) is 0 Å². The average molecular weight is 395 g/mol. The minimum absolute atomic E-state index is 0.141. The van der Waals surface area contributed by atoms with E-state index in [0.29, 0.717) is 22.8 Å². The molecule has 0 saturated heterocycles. The molecule has 1 atom stereocenters. The summed E-state index contributed by atoms with van der Waals surface area (Å²) in [4.78, 5) is 25.6. The quantitative estimate of drug-likeness (QED) is 0.619. The number of amides is 2. The number of carbonyl (C=O) groups excluding carboxylic acids is 2.